The average molecular weight is 428 g/mol. The predicted molar refractivity (Wildman–Crippen MR) is 128 cm³/mol. The van der Waals surface area contributed by atoms with Gasteiger partial charge in [-0.2, -0.15) is 0 Å². The number of unbranched alkanes of at least 4 members (excludes halogenated alkanes) is 1. The molecule has 1 aliphatic carbocycles. The van der Waals surface area contributed by atoms with E-state index in [1.807, 2.05) is 7.05 Å². The molecule has 31 heavy (non-hydrogen) atoms. The Balaban J connectivity index is 1.23. The standard InChI is InChI=1S/C25H41N5O/c1-3-29-16-18-30(19-17-29)15-9-8-14-27-24(26-2)28-22-20-25(12-6-7-13-25)31-23-11-5-4-10-21(22)23/h4-5,10-11,22H,3,6-9,12-20H2,1-2H3,(H2,26,27,28). The van der Waals surface area contributed by atoms with Crippen molar-refractivity contribution in [2.24, 2.45) is 4.99 Å². The molecule has 1 saturated carbocycles. The highest BCUT2D eigenvalue weighted by Gasteiger charge is 2.43. The highest BCUT2D eigenvalue weighted by molar-refractivity contribution is 5.80. The Bertz CT molecular complexity index is 722. The lowest BCUT2D eigenvalue weighted by molar-refractivity contribution is 0.0396. The van der Waals surface area contributed by atoms with Crippen molar-refractivity contribution >= 4 is 5.96 Å². The Kier molecular flexibility index (Phi) is 7.72. The highest BCUT2D eigenvalue weighted by atomic mass is 16.5. The molecular formula is C25H41N5O. The van der Waals surface area contributed by atoms with Crippen LogP contribution in [-0.4, -0.2) is 74.2 Å². The Morgan fingerprint density at radius 2 is 1.84 bits per heavy atom. The van der Waals surface area contributed by atoms with Crippen molar-refractivity contribution in [3.63, 3.8) is 0 Å². The van der Waals surface area contributed by atoms with Crippen LogP contribution in [0.4, 0.5) is 0 Å². The molecule has 1 aromatic rings. The SMILES string of the molecule is CCN1CCN(CCCCNC(=NC)NC2CC3(CCCC3)Oc3ccccc32)CC1. The summed E-state index contributed by atoms with van der Waals surface area (Å²) in [6.45, 7) is 10.5. The normalized spacial score (nSPS) is 24.1. The number of rotatable bonds is 7. The molecule has 0 bridgehead atoms. The fourth-order valence-corrected chi connectivity index (χ4v) is 5.43. The van der Waals surface area contributed by atoms with Gasteiger partial charge in [-0.15, -0.1) is 0 Å². The molecule has 1 aromatic carbocycles. The van der Waals surface area contributed by atoms with Gasteiger partial charge in [0.05, 0.1) is 6.04 Å². The third-order valence-electron chi connectivity index (χ3n) is 7.35. The van der Waals surface area contributed by atoms with Gasteiger partial charge >= 0.3 is 0 Å². The molecule has 1 saturated heterocycles. The van der Waals surface area contributed by atoms with Crippen LogP contribution in [-0.2, 0) is 0 Å². The molecule has 0 aromatic heterocycles. The van der Waals surface area contributed by atoms with Crippen molar-refractivity contribution in [1.29, 1.82) is 0 Å². The maximum absolute atomic E-state index is 6.50. The molecule has 6 heteroatoms. The van der Waals surface area contributed by atoms with Crippen molar-refractivity contribution in [2.45, 2.75) is 63.5 Å². The minimum atomic E-state index is 0.00662. The smallest absolute Gasteiger partial charge is 0.191 e. The number of hydrogen-bond donors (Lipinski definition) is 2. The maximum Gasteiger partial charge on any atom is 0.191 e. The van der Waals surface area contributed by atoms with Gasteiger partial charge in [-0.1, -0.05) is 25.1 Å². The molecule has 2 aliphatic heterocycles. The van der Waals surface area contributed by atoms with Gasteiger partial charge < -0.3 is 25.2 Å². The zero-order valence-electron chi connectivity index (χ0n) is 19.5. The summed E-state index contributed by atoms with van der Waals surface area (Å²) in [5, 5.41) is 7.26. The van der Waals surface area contributed by atoms with Gasteiger partial charge in [-0.25, -0.2) is 0 Å². The van der Waals surface area contributed by atoms with Crippen LogP contribution in [0, 0.1) is 0 Å². The number of nitrogens with one attached hydrogen (secondary N) is 2. The minimum Gasteiger partial charge on any atom is -0.487 e. The second-order valence-electron chi connectivity index (χ2n) is 9.41. The number of aliphatic imine (C=N–C) groups is 1. The van der Waals surface area contributed by atoms with Crippen LogP contribution in [0.25, 0.3) is 0 Å². The van der Waals surface area contributed by atoms with E-state index in [4.69, 9.17) is 4.74 Å². The van der Waals surface area contributed by atoms with Crippen LogP contribution < -0.4 is 15.4 Å². The number of nitrogens with zero attached hydrogens (tertiary/aromatic N) is 3. The summed E-state index contributed by atoms with van der Waals surface area (Å²) < 4.78 is 6.50. The average Bonchev–Trinajstić information content (AvgIpc) is 3.25. The van der Waals surface area contributed by atoms with Crippen molar-refractivity contribution in [1.82, 2.24) is 20.4 Å². The molecule has 4 rings (SSSR count). The molecular weight excluding hydrogens is 386 g/mol. The summed E-state index contributed by atoms with van der Waals surface area (Å²) in [7, 11) is 1.87. The fourth-order valence-electron chi connectivity index (χ4n) is 5.43. The number of likely N-dealkylation sites (N-methyl/N-ethyl adjacent to an activating group) is 1. The van der Waals surface area contributed by atoms with Gasteiger partial charge in [-0.3, -0.25) is 4.99 Å². The van der Waals surface area contributed by atoms with Gasteiger partial charge in [0.15, 0.2) is 5.96 Å². The molecule has 0 radical (unpaired) electrons. The second-order valence-corrected chi connectivity index (χ2v) is 9.41. The number of para-hydroxylation sites is 1. The highest BCUT2D eigenvalue weighted by Crippen LogP contribution is 2.46. The van der Waals surface area contributed by atoms with E-state index in [0.717, 1.165) is 37.5 Å². The van der Waals surface area contributed by atoms with E-state index in [1.165, 1.54) is 70.5 Å². The topological polar surface area (TPSA) is 52.1 Å². The van der Waals surface area contributed by atoms with Crippen molar-refractivity contribution in [3.8, 4) is 5.75 Å². The van der Waals surface area contributed by atoms with Crippen LogP contribution in [0.3, 0.4) is 0 Å². The summed E-state index contributed by atoms with van der Waals surface area (Å²) in [5.74, 6) is 1.96. The summed E-state index contributed by atoms with van der Waals surface area (Å²) in [6, 6.07) is 8.77. The molecule has 172 valence electrons. The molecule has 1 atom stereocenters. The minimum absolute atomic E-state index is 0.00662. The van der Waals surface area contributed by atoms with Gasteiger partial charge in [0.1, 0.15) is 11.4 Å². The predicted octanol–water partition coefficient (Wildman–Crippen LogP) is 3.41. The van der Waals surface area contributed by atoms with Crippen molar-refractivity contribution in [2.75, 3.05) is 52.9 Å². The molecule has 1 unspecified atom stereocenters. The third-order valence-corrected chi connectivity index (χ3v) is 7.35. The first kappa shape index (κ1) is 22.4. The maximum atomic E-state index is 6.50. The fraction of sp³-hybridized carbons (Fsp3) is 0.720. The van der Waals surface area contributed by atoms with Gasteiger partial charge in [-0.05, 0) is 57.7 Å². The summed E-state index contributed by atoms with van der Waals surface area (Å²) in [5.41, 5.74) is 1.27. The Morgan fingerprint density at radius 3 is 2.58 bits per heavy atom. The van der Waals surface area contributed by atoms with Crippen LogP contribution in [0.15, 0.2) is 29.3 Å². The van der Waals surface area contributed by atoms with E-state index in [1.54, 1.807) is 0 Å². The summed E-state index contributed by atoms with van der Waals surface area (Å²) in [4.78, 5) is 9.66. The number of hydrogen-bond acceptors (Lipinski definition) is 4. The second kappa shape index (κ2) is 10.7. The Labute approximate surface area is 188 Å². The first-order valence-electron chi connectivity index (χ1n) is 12.4. The van der Waals surface area contributed by atoms with Crippen LogP contribution in [0.5, 0.6) is 5.75 Å². The van der Waals surface area contributed by atoms with E-state index >= 15 is 0 Å². The van der Waals surface area contributed by atoms with E-state index in [0.29, 0.717) is 0 Å². The van der Waals surface area contributed by atoms with Crippen molar-refractivity contribution < 1.29 is 4.74 Å². The molecule has 1 spiro atoms. The van der Waals surface area contributed by atoms with E-state index in [-0.39, 0.29) is 11.6 Å². The zero-order chi connectivity index (χ0) is 21.5. The van der Waals surface area contributed by atoms with E-state index < -0.39 is 0 Å². The number of ether oxygens (including phenoxy) is 1. The van der Waals surface area contributed by atoms with Gasteiger partial charge in [0.25, 0.3) is 0 Å². The monoisotopic (exact) mass is 427 g/mol. The number of fused-ring (bicyclic) bond motifs is 1. The van der Waals surface area contributed by atoms with Gasteiger partial charge in [0.2, 0.25) is 0 Å². The molecule has 2 N–H and O–H groups in total. The van der Waals surface area contributed by atoms with Crippen LogP contribution >= 0.6 is 0 Å². The molecule has 6 nitrogen and oxygen atoms in total. The first-order valence-corrected chi connectivity index (χ1v) is 12.4. The zero-order valence-corrected chi connectivity index (χ0v) is 19.5. The molecule has 2 fully saturated rings. The Hall–Kier alpha value is -1.79. The number of guanidine groups is 1. The quantitative estimate of drug-likeness (QED) is 0.397. The Morgan fingerprint density at radius 1 is 1.10 bits per heavy atom. The van der Waals surface area contributed by atoms with Crippen LogP contribution in [0.2, 0.25) is 0 Å². The van der Waals surface area contributed by atoms with Gasteiger partial charge in [0, 0.05) is 51.8 Å². The van der Waals surface area contributed by atoms with E-state index in [2.05, 4.69) is 56.6 Å². The summed E-state index contributed by atoms with van der Waals surface area (Å²) >= 11 is 0. The third kappa shape index (κ3) is 5.72. The van der Waals surface area contributed by atoms with Crippen LogP contribution in [0.1, 0.15) is 63.5 Å². The largest absolute Gasteiger partial charge is 0.487 e. The van der Waals surface area contributed by atoms with E-state index in [9.17, 15) is 0 Å². The first-order chi connectivity index (χ1) is 15.2. The lowest BCUT2D eigenvalue weighted by Crippen LogP contribution is -2.47. The molecule has 0 amide bonds. The van der Waals surface area contributed by atoms with Crippen molar-refractivity contribution in [3.05, 3.63) is 29.8 Å². The lowest BCUT2D eigenvalue weighted by atomic mass is 9.86. The molecule has 2 heterocycles. The lowest BCUT2D eigenvalue weighted by Gasteiger charge is -2.40. The summed E-state index contributed by atoms with van der Waals surface area (Å²) in [6.07, 6.45) is 8.30. The number of benzene rings is 1. The molecule has 3 aliphatic rings. The number of piperazine rings is 1.